The second-order valence-corrected chi connectivity index (χ2v) is 3.70. The van der Waals surface area contributed by atoms with Crippen LogP contribution in [0.25, 0.3) is 11.1 Å². The maximum atomic E-state index is 14.3. The van der Waals surface area contributed by atoms with Gasteiger partial charge >= 0.3 is 0 Å². The van der Waals surface area contributed by atoms with Gasteiger partial charge in [-0.15, -0.1) is 0 Å². The Morgan fingerprint density at radius 2 is 1.79 bits per heavy atom. The molecule has 19 heavy (non-hydrogen) atoms. The quantitative estimate of drug-likeness (QED) is 0.883. The smallest absolute Gasteiger partial charge is 0.211 e. The van der Waals surface area contributed by atoms with Crippen molar-refractivity contribution in [2.75, 3.05) is 27.1 Å². The molecule has 3 N–H and O–H groups in total. The predicted molar refractivity (Wildman–Crippen MR) is 68.1 cm³/mol. The number of nitrogens with two attached hydrogens (primary N) is 1. The first-order chi connectivity index (χ1) is 9.13. The first-order valence-corrected chi connectivity index (χ1v) is 5.41. The number of rotatable bonds is 4. The lowest BCUT2D eigenvalue weighted by Gasteiger charge is -2.15. The number of nitrogen functional groups attached to an aromatic ring is 1. The standard InChI is InChI=1S/C12H14FN3O3/c1-17-8-4-6(7-5-15-16-12(7)14)10(18-2)9(13)11(8)19-3/h4-5H,1-3H3,(H3,14,15,16). The average molecular weight is 267 g/mol. The van der Waals surface area contributed by atoms with E-state index < -0.39 is 5.82 Å². The van der Waals surface area contributed by atoms with Gasteiger partial charge in [-0.3, -0.25) is 5.10 Å². The van der Waals surface area contributed by atoms with Gasteiger partial charge < -0.3 is 19.9 Å². The van der Waals surface area contributed by atoms with Crippen LogP contribution in [0.15, 0.2) is 12.3 Å². The van der Waals surface area contributed by atoms with Crippen LogP contribution in [0.1, 0.15) is 0 Å². The van der Waals surface area contributed by atoms with Crippen molar-refractivity contribution in [1.29, 1.82) is 0 Å². The van der Waals surface area contributed by atoms with E-state index in [-0.39, 0.29) is 17.2 Å². The second kappa shape index (κ2) is 5.05. The number of methoxy groups -OCH3 is 3. The van der Waals surface area contributed by atoms with Crippen molar-refractivity contribution in [3.05, 3.63) is 18.1 Å². The SMILES string of the molecule is COc1cc(-c2cn[nH]c2N)c(OC)c(F)c1OC. The highest BCUT2D eigenvalue weighted by molar-refractivity contribution is 5.80. The molecule has 0 saturated carbocycles. The van der Waals surface area contributed by atoms with Crippen LogP contribution in [0.5, 0.6) is 17.2 Å². The Morgan fingerprint density at radius 3 is 2.26 bits per heavy atom. The molecular formula is C12H14FN3O3. The molecule has 0 bridgehead atoms. The number of nitrogens with one attached hydrogen (secondary N) is 1. The number of benzene rings is 1. The summed E-state index contributed by atoms with van der Waals surface area (Å²) in [7, 11) is 4.14. The molecule has 0 spiro atoms. The molecule has 7 heteroatoms. The minimum absolute atomic E-state index is 0.0192. The van der Waals surface area contributed by atoms with Crippen molar-refractivity contribution < 1.29 is 18.6 Å². The number of aromatic nitrogens is 2. The van der Waals surface area contributed by atoms with Gasteiger partial charge in [-0.05, 0) is 6.07 Å². The van der Waals surface area contributed by atoms with E-state index in [9.17, 15) is 4.39 Å². The lowest BCUT2D eigenvalue weighted by atomic mass is 10.1. The summed E-state index contributed by atoms with van der Waals surface area (Å²) in [4.78, 5) is 0. The summed E-state index contributed by atoms with van der Waals surface area (Å²) in [5.41, 5.74) is 6.70. The second-order valence-electron chi connectivity index (χ2n) is 3.70. The van der Waals surface area contributed by atoms with Crippen molar-refractivity contribution in [1.82, 2.24) is 10.2 Å². The number of nitrogens with zero attached hydrogens (tertiary/aromatic N) is 1. The first-order valence-electron chi connectivity index (χ1n) is 5.41. The highest BCUT2D eigenvalue weighted by atomic mass is 19.1. The van der Waals surface area contributed by atoms with E-state index >= 15 is 0 Å². The molecule has 0 radical (unpaired) electrons. The van der Waals surface area contributed by atoms with Crippen LogP contribution < -0.4 is 19.9 Å². The van der Waals surface area contributed by atoms with Crippen molar-refractivity contribution >= 4 is 5.82 Å². The summed E-state index contributed by atoms with van der Waals surface area (Å²) in [6.07, 6.45) is 1.48. The molecule has 0 aliphatic heterocycles. The minimum atomic E-state index is -0.653. The average Bonchev–Trinajstić information content (AvgIpc) is 2.83. The van der Waals surface area contributed by atoms with Gasteiger partial charge in [0.15, 0.2) is 11.5 Å². The summed E-state index contributed by atoms with van der Waals surface area (Å²) >= 11 is 0. The number of aromatic amines is 1. The van der Waals surface area contributed by atoms with E-state index in [1.54, 1.807) is 6.07 Å². The molecule has 1 heterocycles. The maximum Gasteiger partial charge on any atom is 0.211 e. The summed E-state index contributed by atoms with van der Waals surface area (Å²) in [6, 6.07) is 1.59. The molecule has 102 valence electrons. The molecule has 0 amide bonds. The lowest BCUT2D eigenvalue weighted by molar-refractivity contribution is 0.321. The molecule has 0 aliphatic carbocycles. The highest BCUT2D eigenvalue weighted by Gasteiger charge is 2.23. The summed E-state index contributed by atoms with van der Waals surface area (Å²) in [5, 5.41) is 6.38. The van der Waals surface area contributed by atoms with Gasteiger partial charge in [-0.1, -0.05) is 0 Å². The van der Waals surface area contributed by atoms with E-state index in [2.05, 4.69) is 10.2 Å². The Morgan fingerprint density at radius 1 is 1.11 bits per heavy atom. The zero-order chi connectivity index (χ0) is 14.0. The van der Waals surface area contributed by atoms with Gasteiger partial charge in [-0.2, -0.15) is 9.49 Å². The normalized spacial score (nSPS) is 10.3. The van der Waals surface area contributed by atoms with Gasteiger partial charge in [0.05, 0.1) is 27.5 Å². The molecule has 2 rings (SSSR count). The molecule has 0 aliphatic rings. The third-order valence-corrected chi connectivity index (χ3v) is 2.73. The number of hydrogen-bond acceptors (Lipinski definition) is 5. The third kappa shape index (κ3) is 2.03. The van der Waals surface area contributed by atoms with Gasteiger partial charge in [0.1, 0.15) is 5.82 Å². The van der Waals surface area contributed by atoms with Crippen LogP contribution in [0.2, 0.25) is 0 Å². The molecule has 0 saturated heterocycles. The zero-order valence-electron chi connectivity index (χ0n) is 10.8. The van der Waals surface area contributed by atoms with E-state index in [0.29, 0.717) is 16.9 Å². The topological polar surface area (TPSA) is 82.4 Å². The van der Waals surface area contributed by atoms with Crippen LogP contribution >= 0.6 is 0 Å². The van der Waals surface area contributed by atoms with E-state index in [4.69, 9.17) is 19.9 Å². The van der Waals surface area contributed by atoms with E-state index in [1.165, 1.54) is 27.5 Å². The van der Waals surface area contributed by atoms with Gasteiger partial charge in [0, 0.05) is 11.1 Å². The van der Waals surface area contributed by atoms with Crippen LogP contribution in [-0.4, -0.2) is 31.5 Å². The largest absolute Gasteiger partial charge is 0.493 e. The summed E-state index contributed by atoms with van der Waals surface area (Å²) in [6.45, 7) is 0. The number of H-pyrrole nitrogens is 1. The lowest BCUT2D eigenvalue weighted by Crippen LogP contribution is -2.00. The number of halogens is 1. The molecular weight excluding hydrogens is 253 g/mol. The fourth-order valence-electron chi connectivity index (χ4n) is 1.84. The molecule has 0 unspecified atom stereocenters. The Balaban J connectivity index is 2.74. The molecule has 1 aromatic heterocycles. The number of hydrogen-bond donors (Lipinski definition) is 2. The van der Waals surface area contributed by atoms with Crippen molar-refractivity contribution in [3.63, 3.8) is 0 Å². The van der Waals surface area contributed by atoms with Crippen LogP contribution in [-0.2, 0) is 0 Å². The van der Waals surface area contributed by atoms with Crippen molar-refractivity contribution in [3.8, 4) is 28.4 Å². The van der Waals surface area contributed by atoms with Gasteiger partial charge in [-0.25, -0.2) is 0 Å². The fraction of sp³-hybridized carbons (Fsp3) is 0.250. The molecule has 2 aromatic rings. The minimum Gasteiger partial charge on any atom is -0.493 e. The molecule has 6 nitrogen and oxygen atoms in total. The van der Waals surface area contributed by atoms with Crippen molar-refractivity contribution in [2.24, 2.45) is 0 Å². The maximum absolute atomic E-state index is 14.3. The Kier molecular flexibility index (Phi) is 3.46. The Bertz CT molecular complexity index is 598. The van der Waals surface area contributed by atoms with Gasteiger partial charge in [0.2, 0.25) is 11.6 Å². The van der Waals surface area contributed by atoms with Crippen LogP contribution in [0.3, 0.4) is 0 Å². The molecule has 0 fully saturated rings. The van der Waals surface area contributed by atoms with Crippen LogP contribution in [0.4, 0.5) is 10.2 Å². The monoisotopic (exact) mass is 267 g/mol. The predicted octanol–water partition coefficient (Wildman–Crippen LogP) is 1.82. The third-order valence-electron chi connectivity index (χ3n) is 2.73. The fourth-order valence-corrected chi connectivity index (χ4v) is 1.84. The number of anilines is 1. The van der Waals surface area contributed by atoms with Crippen LogP contribution in [0, 0.1) is 5.82 Å². The summed E-state index contributed by atoms with van der Waals surface area (Å²) < 4.78 is 29.5. The Labute approximate surface area is 109 Å². The van der Waals surface area contributed by atoms with E-state index in [0.717, 1.165) is 0 Å². The molecule has 0 atom stereocenters. The van der Waals surface area contributed by atoms with Gasteiger partial charge in [0.25, 0.3) is 0 Å². The molecule has 1 aromatic carbocycles. The summed E-state index contributed by atoms with van der Waals surface area (Å²) in [5.74, 6) is -0.0998. The van der Waals surface area contributed by atoms with Crippen molar-refractivity contribution in [2.45, 2.75) is 0 Å². The number of ether oxygens (including phenoxy) is 3. The highest BCUT2D eigenvalue weighted by Crippen LogP contribution is 2.44. The first kappa shape index (κ1) is 13.0. The zero-order valence-corrected chi connectivity index (χ0v) is 10.8. The Hall–Kier alpha value is -2.44. The van der Waals surface area contributed by atoms with E-state index in [1.807, 2.05) is 0 Å².